The van der Waals surface area contributed by atoms with E-state index in [0.717, 1.165) is 10.2 Å². The molecule has 0 spiro atoms. The Balaban J connectivity index is 2.61. The molecular weight excluding hydrogens is 272 g/mol. The number of halogens is 1. The van der Waals surface area contributed by atoms with Gasteiger partial charge in [0.2, 0.25) is 5.91 Å². The minimum absolute atomic E-state index is 0.0282. The number of carbonyl (C=O) groups is 1. The van der Waals surface area contributed by atoms with Crippen LogP contribution >= 0.6 is 15.9 Å². The van der Waals surface area contributed by atoms with E-state index < -0.39 is 6.10 Å². The SMILES string of the molecule is CC(=O)N1CCC(O)c2nc(C)cc(Br)c21. The van der Waals surface area contributed by atoms with Gasteiger partial charge in [0.15, 0.2) is 0 Å². The van der Waals surface area contributed by atoms with Crippen LogP contribution in [-0.2, 0) is 4.79 Å². The van der Waals surface area contributed by atoms with E-state index in [1.807, 2.05) is 13.0 Å². The highest BCUT2D eigenvalue weighted by molar-refractivity contribution is 9.10. The van der Waals surface area contributed by atoms with E-state index in [9.17, 15) is 9.90 Å². The smallest absolute Gasteiger partial charge is 0.223 e. The number of aliphatic hydroxyl groups excluding tert-OH is 1. The Kier molecular flexibility index (Phi) is 2.99. The van der Waals surface area contributed by atoms with Gasteiger partial charge in [0.25, 0.3) is 0 Å². The average Bonchev–Trinajstić information content (AvgIpc) is 2.19. The zero-order valence-electron chi connectivity index (χ0n) is 9.20. The monoisotopic (exact) mass is 284 g/mol. The maximum atomic E-state index is 11.5. The molecule has 0 fully saturated rings. The number of hydrogen-bond donors (Lipinski definition) is 1. The van der Waals surface area contributed by atoms with Crippen molar-refractivity contribution in [3.8, 4) is 0 Å². The van der Waals surface area contributed by atoms with Crippen molar-refractivity contribution < 1.29 is 9.90 Å². The van der Waals surface area contributed by atoms with E-state index in [-0.39, 0.29) is 5.91 Å². The fourth-order valence-electron chi connectivity index (χ4n) is 1.96. The lowest BCUT2D eigenvalue weighted by Gasteiger charge is -2.31. The Hall–Kier alpha value is -0.940. The number of fused-ring (bicyclic) bond motifs is 1. The van der Waals surface area contributed by atoms with Crippen LogP contribution in [0.25, 0.3) is 0 Å². The van der Waals surface area contributed by atoms with Crippen molar-refractivity contribution in [1.82, 2.24) is 4.98 Å². The molecule has 1 aromatic heterocycles. The van der Waals surface area contributed by atoms with Crippen LogP contribution < -0.4 is 4.90 Å². The van der Waals surface area contributed by atoms with Gasteiger partial charge < -0.3 is 10.0 Å². The summed E-state index contributed by atoms with van der Waals surface area (Å²) in [5, 5.41) is 9.89. The molecule has 1 unspecified atom stereocenters. The molecule has 0 saturated carbocycles. The second-order valence-corrected chi connectivity index (χ2v) is 4.81. The van der Waals surface area contributed by atoms with Gasteiger partial charge in [-0.2, -0.15) is 0 Å². The number of hydrogen-bond acceptors (Lipinski definition) is 3. The van der Waals surface area contributed by atoms with Gasteiger partial charge in [0.05, 0.1) is 17.5 Å². The second-order valence-electron chi connectivity index (χ2n) is 3.95. The molecule has 1 aromatic rings. The van der Waals surface area contributed by atoms with Crippen LogP contribution in [0.5, 0.6) is 0 Å². The first-order valence-electron chi connectivity index (χ1n) is 5.14. The molecule has 1 amide bonds. The molecule has 86 valence electrons. The molecule has 0 saturated heterocycles. The Morgan fingerprint density at radius 3 is 3.00 bits per heavy atom. The summed E-state index contributed by atoms with van der Waals surface area (Å²) in [7, 11) is 0. The molecular formula is C11H13BrN2O2. The Morgan fingerprint density at radius 1 is 1.69 bits per heavy atom. The normalized spacial score (nSPS) is 19.5. The van der Waals surface area contributed by atoms with Gasteiger partial charge >= 0.3 is 0 Å². The number of amides is 1. The van der Waals surface area contributed by atoms with E-state index in [2.05, 4.69) is 20.9 Å². The van der Waals surface area contributed by atoms with Crippen molar-refractivity contribution >= 4 is 27.5 Å². The highest BCUT2D eigenvalue weighted by Crippen LogP contribution is 2.38. The van der Waals surface area contributed by atoms with Crippen LogP contribution in [0, 0.1) is 6.92 Å². The molecule has 1 N–H and O–H groups in total. The molecule has 2 heterocycles. The quantitative estimate of drug-likeness (QED) is 0.792. The van der Waals surface area contributed by atoms with Crippen molar-refractivity contribution in [2.75, 3.05) is 11.4 Å². The van der Waals surface area contributed by atoms with Crippen LogP contribution in [0.2, 0.25) is 0 Å². The molecule has 5 heteroatoms. The van der Waals surface area contributed by atoms with Gasteiger partial charge in [0, 0.05) is 23.6 Å². The average molecular weight is 285 g/mol. The summed E-state index contributed by atoms with van der Waals surface area (Å²) in [5.74, 6) is -0.0282. The second kappa shape index (κ2) is 4.14. The number of anilines is 1. The Bertz CT molecular complexity index is 448. The summed E-state index contributed by atoms with van der Waals surface area (Å²) < 4.78 is 0.809. The molecule has 1 aliphatic heterocycles. The van der Waals surface area contributed by atoms with Crippen LogP contribution in [0.15, 0.2) is 10.5 Å². The number of nitrogens with zero attached hydrogens (tertiary/aromatic N) is 2. The maximum absolute atomic E-state index is 11.5. The minimum Gasteiger partial charge on any atom is -0.387 e. The number of rotatable bonds is 0. The summed E-state index contributed by atoms with van der Waals surface area (Å²) in [6.07, 6.45) is -0.0445. The summed E-state index contributed by atoms with van der Waals surface area (Å²) >= 11 is 3.42. The standard InChI is InChI=1S/C11H13BrN2O2/c1-6-5-8(12)11-10(13-6)9(16)3-4-14(11)7(2)15/h5,9,16H,3-4H2,1-2H3. The summed E-state index contributed by atoms with van der Waals surface area (Å²) in [6, 6.07) is 1.85. The highest BCUT2D eigenvalue weighted by atomic mass is 79.9. The molecule has 1 atom stereocenters. The topological polar surface area (TPSA) is 53.4 Å². The molecule has 0 radical (unpaired) electrons. The molecule has 1 aliphatic rings. The number of carbonyl (C=O) groups excluding carboxylic acids is 1. The van der Waals surface area contributed by atoms with Gasteiger partial charge in [0.1, 0.15) is 0 Å². The van der Waals surface area contributed by atoms with Crippen LogP contribution in [0.3, 0.4) is 0 Å². The first-order valence-corrected chi connectivity index (χ1v) is 5.93. The molecule has 4 nitrogen and oxygen atoms in total. The van der Waals surface area contributed by atoms with E-state index in [1.165, 1.54) is 6.92 Å². The van der Waals surface area contributed by atoms with Gasteiger partial charge in [-0.1, -0.05) is 0 Å². The fourth-order valence-corrected chi connectivity index (χ4v) is 2.71. The zero-order chi connectivity index (χ0) is 11.9. The summed E-state index contributed by atoms with van der Waals surface area (Å²) in [4.78, 5) is 17.5. The number of aryl methyl sites for hydroxylation is 1. The highest BCUT2D eigenvalue weighted by Gasteiger charge is 2.29. The molecule has 0 bridgehead atoms. The third-order valence-corrected chi connectivity index (χ3v) is 3.30. The number of aromatic nitrogens is 1. The van der Waals surface area contributed by atoms with E-state index in [0.29, 0.717) is 24.3 Å². The molecule has 0 aliphatic carbocycles. The van der Waals surface area contributed by atoms with Gasteiger partial charge in [-0.05, 0) is 35.3 Å². The van der Waals surface area contributed by atoms with Crippen molar-refractivity contribution in [2.45, 2.75) is 26.4 Å². The molecule has 0 aromatic carbocycles. The largest absolute Gasteiger partial charge is 0.387 e. The summed E-state index contributed by atoms with van der Waals surface area (Å²) in [5.41, 5.74) is 2.13. The lowest BCUT2D eigenvalue weighted by molar-refractivity contribution is -0.116. The third-order valence-electron chi connectivity index (χ3n) is 2.69. The first-order chi connectivity index (χ1) is 7.50. The van der Waals surface area contributed by atoms with E-state index in [4.69, 9.17) is 0 Å². The van der Waals surface area contributed by atoms with Gasteiger partial charge in [-0.3, -0.25) is 9.78 Å². The Labute approximate surface area is 102 Å². The number of aliphatic hydroxyl groups is 1. The zero-order valence-corrected chi connectivity index (χ0v) is 10.8. The van der Waals surface area contributed by atoms with Crippen molar-refractivity contribution in [3.63, 3.8) is 0 Å². The predicted molar refractivity (Wildman–Crippen MR) is 64.3 cm³/mol. The third kappa shape index (κ3) is 1.85. The van der Waals surface area contributed by atoms with Crippen molar-refractivity contribution in [3.05, 3.63) is 21.9 Å². The first kappa shape index (κ1) is 11.5. The predicted octanol–water partition coefficient (Wildman–Crippen LogP) is 1.94. The van der Waals surface area contributed by atoms with E-state index in [1.54, 1.807) is 4.90 Å². The van der Waals surface area contributed by atoms with E-state index >= 15 is 0 Å². The molecule has 2 rings (SSSR count). The molecule has 16 heavy (non-hydrogen) atoms. The lowest BCUT2D eigenvalue weighted by atomic mass is 10.0. The Morgan fingerprint density at radius 2 is 2.38 bits per heavy atom. The van der Waals surface area contributed by atoms with Crippen molar-refractivity contribution in [2.24, 2.45) is 0 Å². The number of pyridine rings is 1. The van der Waals surface area contributed by atoms with Crippen LogP contribution in [-0.4, -0.2) is 22.5 Å². The van der Waals surface area contributed by atoms with Gasteiger partial charge in [-0.15, -0.1) is 0 Å². The fraction of sp³-hybridized carbons (Fsp3) is 0.455. The maximum Gasteiger partial charge on any atom is 0.223 e. The summed E-state index contributed by atoms with van der Waals surface area (Å²) in [6.45, 7) is 3.92. The minimum atomic E-state index is -0.582. The van der Waals surface area contributed by atoms with Crippen LogP contribution in [0.4, 0.5) is 5.69 Å². The lowest BCUT2D eigenvalue weighted by Crippen LogP contribution is -2.36. The van der Waals surface area contributed by atoms with Crippen molar-refractivity contribution in [1.29, 1.82) is 0 Å². The van der Waals surface area contributed by atoms with Crippen LogP contribution in [0.1, 0.15) is 30.8 Å². The van der Waals surface area contributed by atoms with Gasteiger partial charge in [-0.25, -0.2) is 0 Å².